The molecule has 3 aliphatic rings. The lowest BCUT2D eigenvalue weighted by molar-refractivity contribution is -0.0925. The Bertz CT molecular complexity index is 1530. The monoisotopic (exact) mass is 587 g/mol. The van der Waals surface area contributed by atoms with Crippen molar-refractivity contribution in [3.05, 3.63) is 50.5 Å². The maximum Gasteiger partial charge on any atom is 0.509 e. The number of nitrogen functional groups attached to an aromatic ring is 1. The van der Waals surface area contributed by atoms with Crippen molar-refractivity contribution >= 4 is 54.3 Å². The van der Waals surface area contributed by atoms with E-state index in [9.17, 15) is 14.2 Å². The molecule has 3 saturated heterocycles. The van der Waals surface area contributed by atoms with Crippen molar-refractivity contribution in [2.24, 2.45) is 0 Å². The number of nitrogens with one attached hydrogen (secondary N) is 1. The zero-order chi connectivity index (χ0) is 26.8. The summed E-state index contributed by atoms with van der Waals surface area (Å²) < 4.78 is 48.4. The Kier molecular flexibility index (Phi) is 6.18. The number of nitrogens with two attached hydrogens (primary N) is 1. The Morgan fingerprint density at radius 1 is 1.29 bits per heavy atom. The zero-order valence-corrected chi connectivity index (χ0v) is 21.9. The van der Waals surface area contributed by atoms with E-state index in [-0.39, 0.29) is 30.3 Å². The molecule has 2 aromatic heterocycles. The molecular weight excluding hydrogens is 568 g/mol. The molecule has 0 aliphatic carbocycles. The average Bonchev–Trinajstić information content (AvgIpc) is 3.46. The zero-order valence-electron chi connectivity index (χ0n) is 19.5. The molecule has 6 atom stereocenters. The minimum atomic E-state index is -4.06. The van der Waals surface area contributed by atoms with Gasteiger partial charge in [-0.3, -0.25) is 27.9 Å². The summed E-state index contributed by atoms with van der Waals surface area (Å²) in [5.74, 6) is -0.135. The average molecular weight is 588 g/mol. The molecule has 3 aliphatic heterocycles. The lowest BCUT2D eigenvalue weighted by Gasteiger charge is -2.30. The smallest absolute Gasteiger partial charge is 0.424 e. The highest BCUT2D eigenvalue weighted by molar-refractivity contribution is 7.48. The lowest BCUT2D eigenvalue weighted by Crippen LogP contribution is -2.42. The van der Waals surface area contributed by atoms with Gasteiger partial charge in [-0.1, -0.05) is 23.2 Å². The molecule has 5 heterocycles. The Morgan fingerprint density at radius 3 is 2.82 bits per heavy atom. The molecule has 14 nitrogen and oxygen atoms in total. The van der Waals surface area contributed by atoms with Crippen LogP contribution in [0.2, 0.25) is 10.0 Å². The largest absolute Gasteiger partial charge is 0.509 e. The third-order valence-electron chi connectivity index (χ3n) is 6.47. The number of halogens is 2. The first-order valence-corrected chi connectivity index (χ1v) is 13.6. The van der Waals surface area contributed by atoms with E-state index in [4.69, 9.17) is 56.7 Å². The number of hydrogen-bond donors (Lipinski definition) is 2. The Labute approximate surface area is 223 Å². The van der Waals surface area contributed by atoms with Gasteiger partial charge in [0.2, 0.25) is 5.95 Å². The van der Waals surface area contributed by atoms with Crippen molar-refractivity contribution in [3.8, 4) is 0 Å². The van der Waals surface area contributed by atoms with E-state index in [1.807, 2.05) is 0 Å². The number of phosphoric acid groups is 1. The highest BCUT2D eigenvalue weighted by Gasteiger charge is 2.64. The first-order chi connectivity index (χ1) is 18.0. The predicted octanol–water partition coefficient (Wildman–Crippen LogP) is 3.50. The van der Waals surface area contributed by atoms with E-state index < -0.39 is 49.7 Å². The SMILES string of the molecule is CC12OC(=O)OC1C(COP1(=O)OCCC(c3cc(Cl)cc(Cl)c3)O1)OC2n1cnc2c(=O)[nH]c(N)nc21. The second kappa shape index (κ2) is 9.19. The van der Waals surface area contributed by atoms with Crippen LogP contribution in [0.25, 0.3) is 11.2 Å². The predicted molar refractivity (Wildman–Crippen MR) is 131 cm³/mol. The van der Waals surface area contributed by atoms with Crippen molar-refractivity contribution in [2.45, 2.75) is 43.5 Å². The summed E-state index contributed by atoms with van der Waals surface area (Å²) in [6.07, 6.45) is -2.86. The molecule has 202 valence electrons. The van der Waals surface area contributed by atoms with Crippen molar-refractivity contribution in [2.75, 3.05) is 18.9 Å². The van der Waals surface area contributed by atoms with E-state index in [0.29, 0.717) is 22.0 Å². The molecule has 0 amide bonds. The first-order valence-electron chi connectivity index (χ1n) is 11.4. The molecule has 6 rings (SSSR count). The Balaban J connectivity index is 1.24. The summed E-state index contributed by atoms with van der Waals surface area (Å²) in [4.78, 5) is 34.9. The Hall–Kier alpha value is -2.71. The first kappa shape index (κ1) is 25.6. The van der Waals surface area contributed by atoms with Crippen molar-refractivity contribution < 1.29 is 37.1 Å². The number of anilines is 1. The number of imidazole rings is 1. The summed E-state index contributed by atoms with van der Waals surface area (Å²) in [5.41, 5.74) is 4.51. The van der Waals surface area contributed by atoms with Crippen molar-refractivity contribution in [1.29, 1.82) is 0 Å². The topological polar surface area (TPSA) is 179 Å². The molecular formula is C21H20Cl2N5O9P. The van der Waals surface area contributed by atoms with Gasteiger partial charge in [-0.2, -0.15) is 4.98 Å². The number of carbonyl (C=O) groups is 1. The number of ether oxygens (including phenoxy) is 3. The van der Waals surface area contributed by atoms with E-state index in [1.165, 1.54) is 10.9 Å². The van der Waals surface area contributed by atoms with Gasteiger partial charge in [0.25, 0.3) is 5.56 Å². The maximum absolute atomic E-state index is 13.3. The fraction of sp³-hybridized carbons (Fsp3) is 0.429. The van der Waals surface area contributed by atoms with Crippen molar-refractivity contribution in [1.82, 2.24) is 19.5 Å². The van der Waals surface area contributed by atoms with Crippen LogP contribution in [0, 0.1) is 0 Å². The third kappa shape index (κ3) is 4.35. The molecule has 6 unspecified atom stereocenters. The second-order valence-electron chi connectivity index (χ2n) is 9.04. The van der Waals surface area contributed by atoms with Crippen LogP contribution in [0.5, 0.6) is 0 Å². The maximum atomic E-state index is 13.3. The molecule has 0 saturated carbocycles. The van der Waals surface area contributed by atoms with Gasteiger partial charge in [-0.15, -0.1) is 0 Å². The van der Waals surface area contributed by atoms with Crippen LogP contribution in [0.3, 0.4) is 0 Å². The van der Waals surface area contributed by atoms with Gasteiger partial charge in [0.05, 0.1) is 25.6 Å². The van der Waals surface area contributed by atoms with Gasteiger partial charge in [0.15, 0.2) is 29.1 Å². The van der Waals surface area contributed by atoms with Crippen LogP contribution in [-0.2, 0) is 32.3 Å². The number of benzene rings is 1. The Morgan fingerprint density at radius 2 is 2.05 bits per heavy atom. The fourth-order valence-electron chi connectivity index (χ4n) is 4.80. The van der Waals surface area contributed by atoms with E-state index in [2.05, 4.69) is 15.0 Å². The van der Waals surface area contributed by atoms with E-state index in [1.54, 1.807) is 25.1 Å². The van der Waals surface area contributed by atoms with Crippen LogP contribution in [-0.4, -0.2) is 56.7 Å². The highest BCUT2D eigenvalue weighted by Crippen LogP contribution is 2.58. The van der Waals surface area contributed by atoms with Gasteiger partial charge < -0.3 is 19.9 Å². The van der Waals surface area contributed by atoms with Crippen LogP contribution < -0.4 is 11.3 Å². The molecule has 0 radical (unpaired) electrons. The molecule has 3 N–H and O–H groups in total. The number of phosphoric ester groups is 1. The molecule has 38 heavy (non-hydrogen) atoms. The summed E-state index contributed by atoms with van der Waals surface area (Å²) >= 11 is 12.2. The minimum absolute atomic E-state index is 0.00787. The molecule has 1 aromatic carbocycles. The number of rotatable bonds is 5. The van der Waals surface area contributed by atoms with Crippen LogP contribution in [0.15, 0.2) is 29.3 Å². The van der Waals surface area contributed by atoms with E-state index >= 15 is 0 Å². The number of aromatic nitrogens is 4. The number of carbonyl (C=O) groups excluding carboxylic acids is 1. The van der Waals surface area contributed by atoms with Gasteiger partial charge in [0, 0.05) is 16.5 Å². The molecule has 0 spiro atoms. The molecule has 17 heteroatoms. The summed E-state index contributed by atoms with van der Waals surface area (Å²) in [5, 5.41) is 0.799. The normalized spacial score (nSPS) is 32.8. The summed E-state index contributed by atoms with van der Waals surface area (Å²) in [6.45, 7) is 1.32. The number of fused-ring (bicyclic) bond motifs is 2. The van der Waals surface area contributed by atoms with Gasteiger partial charge >= 0.3 is 14.0 Å². The van der Waals surface area contributed by atoms with Gasteiger partial charge in [0.1, 0.15) is 6.10 Å². The van der Waals surface area contributed by atoms with Crippen molar-refractivity contribution in [3.63, 3.8) is 0 Å². The number of hydrogen-bond acceptors (Lipinski definition) is 12. The van der Waals surface area contributed by atoms with Gasteiger partial charge in [-0.05, 0) is 30.7 Å². The quantitative estimate of drug-likeness (QED) is 0.328. The van der Waals surface area contributed by atoms with Crippen LogP contribution in [0.1, 0.15) is 31.2 Å². The van der Waals surface area contributed by atoms with Crippen LogP contribution in [0.4, 0.5) is 10.7 Å². The number of nitrogens with zero attached hydrogens (tertiary/aromatic N) is 3. The highest BCUT2D eigenvalue weighted by atomic mass is 35.5. The molecule has 3 aromatic rings. The van der Waals surface area contributed by atoms with Crippen LogP contribution >= 0.6 is 31.0 Å². The minimum Gasteiger partial charge on any atom is -0.424 e. The number of H-pyrrole nitrogens is 1. The number of aromatic amines is 1. The van der Waals surface area contributed by atoms with Gasteiger partial charge in [-0.25, -0.2) is 14.3 Å². The lowest BCUT2D eigenvalue weighted by atomic mass is 9.96. The molecule has 3 fully saturated rings. The summed E-state index contributed by atoms with van der Waals surface area (Å²) in [7, 11) is -4.06. The standard InChI is InChI=1S/C21H20Cl2N5O9P/c1-21-15(35-20(30)36-21)13(34-18(21)28-8-25-14-16(28)26-19(24)27-17(14)29)7-33-38(31)32-3-2-12(37-38)9-4-10(22)6-11(23)5-9/h4-6,8,12-13,15,18H,2-3,7H2,1H3,(H3,24,26,27,29). The third-order valence-corrected chi connectivity index (χ3v) is 8.38. The van der Waals surface area contributed by atoms with E-state index in [0.717, 1.165) is 0 Å². The fourth-order valence-corrected chi connectivity index (χ4v) is 6.74. The molecule has 0 bridgehead atoms. The summed E-state index contributed by atoms with van der Waals surface area (Å²) in [6, 6.07) is 4.88. The second-order valence-corrected chi connectivity index (χ2v) is 11.5.